The number of nitrogens with one attached hydrogen (secondary N) is 1. The second-order valence-corrected chi connectivity index (χ2v) is 9.08. The highest BCUT2D eigenvalue weighted by Gasteiger charge is 2.21. The summed E-state index contributed by atoms with van der Waals surface area (Å²) in [5, 5.41) is 0.233. The van der Waals surface area contributed by atoms with E-state index in [1.807, 2.05) is 4.72 Å². The average Bonchev–Trinajstić information content (AvgIpc) is 2.67. The van der Waals surface area contributed by atoms with Gasteiger partial charge in [0.15, 0.2) is 0 Å². The van der Waals surface area contributed by atoms with Gasteiger partial charge in [-0.3, -0.25) is 4.72 Å². The molecule has 0 amide bonds. The summed E-state index contributed by atoms with van der Waals surface area (Å²) in [4.78, 5) is 0. The van der Waals surface area contributed by atoms with Crippen LogP contribution in [0.25, 0.3) is 0 Å². The van der Waals surface area contributed by atoms with Gasteiger partial charge in [-0.25, -0.2) is 17.2 Å². The van der Waals surface area contributed by atoms with E-state index in [9.17, 15) is 17.2 Å². The van der Waals surface area contributed by atoms with E-state index in [2.05, 4.69) is 31.9 Å². The molecule has 1 heterocycles. The Morgan fingerprint density at radius 1 is 1.15 bits per heavy atom. The highest BCUT2D eigenvalue weighted by molar-refractivity contribution is 9.11. The quantitative estimate of drug-likeness (QED) is 0.646. The Hall–Kier alpha value is -0.220. The van der Waals surface area contributed by atoms with Crippen LogP contribution in [-0.2, 0) is 10.0 Å². The predicted molar refractivity (Wildman–Crippen MR) is 81.9 cm³/mol. The highest BCUT2D eigenvalue weighted by Crippen LogP contribution is 2.35. The molecular formula is C10H4Br2ClF2NO2S2. The van der Waals surface area contributed by atoms with E-state index in [-0.39, 0.29) is 19.4 Å². The van der Waals surface area contributed by atoms with Crippen LogP contribution in [0.3, 0.4) is 0 Å². The van der Waals surface area contributed by atoms with Crippen LogP contribution in [0.1, 0.15) is 0 Å². The van der Waals surface area contributed by atoms with Crippen molar-refractivity contribution in [1.29, 1.82) is 0 Å². The van der Waals surface area contributed by atoms with E-state index < -0.39 is 21.7 Å². The first-order valence-corrected chi connectivity index (χ1v) is 9.09. The lowest BCUT2D eigenvalue weighted by Gasteiger charge is -2.08. The molecule has 0 aliphatic carbocycles. The van der Waals surface area contributed by atoms with Crippen molar-refractivity contribution in [3.8, 4) is 0 Å². The number of anilines is 1. The molecule has 0 saturated carbocycles. The zero-order chi connectivity index (χ0) is 15.1. The molecule has 108 valence electrons. The fraction of sp³-hybridized carbons (Fsp3) is 0. The second-order valence-electron chi connectivity index (χ2n) is 3.54. The van der Waals surface area contributed by atoms with Gasteiger partial charge in [0.05, 0.1) is 19.0 Å². The molecule has 2 aromatic rings. The largest absolute Gasteiger partial charge is 0.276 e. The Kier molecular flexibility index (Phi) is 4.75. The van der Waals surface area contributed by atoms with Crippen molar-refractivity contribution in [3.05, 3.63) is 43.1 Å². The van der Waals surface area contributed by atoms with Crippen molar-refractivity contribution in [1.82, 2.24) is 0 Å². The lowest BCUT2D eigenvalue weighted by molar-refractivity contribution is 0.579. The number of hydrogen-bond donors (Lipinski definition) is 1. The molecule has 0 spiro atoms. The lowest BCUT2D eigenvalue weighted by atomic mass is 10.3. The monoisotopic (exact) mass is 465 g/mol. The van der Waals surface area contributed by atoms with E-state index in [1.165, 1.54) is 6.07 Å². The minimum atomic E-state index is -4.00. The van der Waals surface area contributed by atoms with Gasteiger partial charge in [-0.2, -0.15) is 0 Å². The Morgan fingerprint density at radius 2 is 1.80 bits per heavy atom. The molecular weight excluding hydrogens is 464 g/mol. The summed E-state index contributed by atoms with van der Waals surface area (Å²) in [5.74, 6) is -1.84. The van der Waals surface area contributed by atoms with Gasteiger partial charge >= 0.3 is 0 Å². The van der Waals surface area contributed by atoms with Crippen molar-refractivity contribution in [2.24, 2.45) is 0 Å². The van der Waals surface area contributed by atoms with Gasteiger partial charge in [0.2, 0.25) is 0 Å². The number of hydrogen-bond acceptors (Lipinski definition) is 3. The van der Waals surface area contributed by atoms with Gasteiger partial charge in [-0.15, -0.1) is 11.3 Å². The van der Waals surface area contributed by atoms with Crippen molar-refractivity contribution in [2.45, 2.75) is 4.21 Å². The number of halogens is 5. The summed E-state index contributed by atoms with van der Waals surface area (Å²) in [6.45, 7) is 0. The van der Waals surface area contributed by atoms with Gasteiger partial charge in [-0.05, 0) is 44.0 Å². The minimum Gasteiger partial charge on any atom is -0.276 e. The van der Waals surface area contributed by atoms with E-state index in [4.69, 9.17) is 11.6 Å². The van der Waals surface area contributed by atoms with Crippen LogP contribution in [0, 0.1) is 11.6 Å². The Morgan fingerprint density at radius 3 is 2.35 bits per heavy atom. The van der Waals surface area contributed by atoms with Crippen molar-refractivity contribution >= 4 is 70.5 Å². The molecule has 0 bridgehead atoms. The third-order valence-corrected chi connectivity index (χ3v) is 7.06. The van der Waals surface area contributed by atoms with Gasteiger partial charge in [-0.1, -0.05) is 11.6 Å². The maximum absolute atomic E-state index is 13.5. The van der Waals surface area contributed by atoms with Crippen LogP contribution in [0.2, 0.25) is 5.02 Å². The maximum atomic E-state index is 13.5. The van der Waals surface area contributed by atoms with Crippen LogP contribution < -0.4 is 4.72 Å². The highest BCUT2D eigenvalue weighted by atomic mass is 79.9. The molecule has 0 atom stereocenters. The molecule has 0 saturated heterocycles. The molecule has 1 N–H and O–H groups in total. The molecule has 0 aliphatic rings. The number of thiophene rings is 1. The first-order valence-electron chi connectivity index (χ1n) is 4.83. The van der Waals surface area contributed by atoms with Crippen molar-refractivity contribution in [3.63, 3.8) is 0 Å². The molecule has 0 unspecified atom stereocenters. The van der Waals surface area contributed by atoms with Crippen LogP contribution in [0.4, 0.5) is 14.5 Å². The summed E-state index contributed by atoms with van der Waals surface area (Å²) < 4.78 is 53.1. The molecule has 0 aliphatic heterocycles. The van der Waals surface area contributed by atoms with Gasteiger partial charge in [0.25, 0.3) is 10.0 Å². The van der Waals surface area contributed by atoms with E-state index >= 15 is 0 Å². The van der Waals surface area contributed by atoms with Gasteiger partial charge in [0.1, 0.15) is 15.8 Å². The van der Waals surface area contributed by atoms with Crippen LogP contribution in [0.15, 0.2) is 30.7 Å². The van der Waals surface area contributed by atoms with E-state index in [0.29, 0.717) is 9.85 Å². The number of sulfonamides is 1. The van der Waals surface area contributed by atoms with Gasteiger partial charge < -0.3 is 0 Å². The fourth-order valence-corrected chi connectivity index (χ4v) is 5.05. The molecule has 1 aromatic carbocycles. The molecule has 2 rings (SSSR count). The van der Waals surface area contributed by atoms with E-state index in [0.717, 1.165) is 17.4 Å². The number of benzene rings is 1. The molecule has 3 nitrogen and oxygen atoms in total. The molecule has 20 heavy (non-hydrogen) atoms. The van der Waals surface area contributed by atoms with Crippen LogP contribution in [-0.4, -0.2) is 8.42 Å². The van der Waals surface area contributed by atoms with Crippen LogP contribution >= 0.6 is 54.8 Å². The SMILES string of the molecule is O=S(=O)(Nc1cc(Br)c(F)cc1F)c1cc(Cl)c(Br)s1. The minimum absolute atomic E-state index is 0.0537. The summed E-state index contributed by atoms with van der Waals surface area (Å²) in [7, 11) is -4.00. The zero-order valence-corrected chi connectivity index (χ0v) is 14.8. The van der Waals surface area contributed by atoms with E-state index in [1.54, 1.807) is 0 Å². The third kappa shape index (κ3) is 3.33. The summed E-state index contributed by atoms with van der Waals surface area (Å²) >= 11 is 12.6. The third-order valence-electron chi connectivity index (χ3n) is 2.14. The molecule has 1 aromatic heterocycles. The molecule has 0 fully saturated rings. The summed E-state index contributed by atoms with van der Waals surface area (Å²) in [5.41, 5.74) is -0.362. The van der Waals surface area contributed by atoms with Crippen molar-refractivity contribution < 1.29 is 17.2 Å². The lowest BCUT2D eigenvalue weighted by Crippen LogP contribution is -2.12. The molecule has 0 radical (unpaired) electrons. The Balaban J connectivity index is 2.40. The second kappa shape index (κ2) is 5.88. The summed E-state index contributed by atoms with van der Waals surface area (Å²) in [6.07, 6.45) is 0. The Labute approximate surface area is 139 Å². The zero-order valence-electron chi connectivity index (χ0n) is 9.25. The maximum Gasteiger partial charge on any atom is 0.271 e. The molecule has 10 heteroatoms. The normalized spacial score (nSPS) is 11.7. The first kappa shape index (κ1) is 16.2. The topological polar surface area (TPSA) is 46.2 Å². The first-order chi connectivity index (χ1) is 9.20. The van der Waals surface area contributed by atoms with Gasteiger partial charge in [0, 0.05) is 6.07 Å². The Bertz CT molecular complexity index is 760. The average molecular weight is 468 g/mol. The standard InChI is InChI=1S/C10H4Br2ClF2NO2S2/c11-4-1-8(7(15)3-6(4)14)16-20(17,18)9-2-5(13)10(12)19-9/h1-3,16H. The predicted octanol–water partition coefficient (Wildman–Crippen LogP) is 5.01. The summed E-state index contributed by atoms with van der Waals surface area (Å²) in [6, 6.07) is 2.82. The fourth-order valence-electron chi connectivity index (χ4n) is 1.25. The van der Waals surface area contributed by atoms with Crippen molar-refractivity contribution in [2.75, 3.05) is 4.72 Å². The number of rotatable bonds is 3. The van der Waals surface area contributed by atoms with Crippen LogP contribution in [0.5, 0.6) is 0 Å². The smallest absolute Gasteiger partial charge is 0.271 e.